The highest BCUT2D eigenvalue weighted by Crippen LogP contribution is 2.29. The molecule has 4 aromatic rings. The van der Waals surface area contributed by atoms with Gasteiger partial charge in [-0.05, 0) is 61.4 Å². The highest BCUT2D eigenvalue weighted by Gasteiger charge is 2.15. The van der Waals surface area contributed by atoms with Crippen molar-refractivity contribution in [2.24, 2.45) is 0 Å². The van der Waals surface area contributed by atoms with Crippen molar-refractivity contribution < 1.29 is 12.6 Å². The third-order valence-electron chi connectivity index (χ3n) is 5.75. The molecular weight excluding hydrogens is 508 g/mol. The van der Waals surface area contributed by atoms with E-state index in [1.54, 1.807) is 42.6 Å². The molecule has 190 valence electrons. The van der Waals surface area contributed by atoms with Crippen LogP contribution in [0.15, 0.2) is 88.8 Å². The van der Waals surface area contributed by atoms with Crippen molar-refractivity contribution in [2.45, 2.75) is 23.1 Å². The summed E-state index contributed by atoms with van der Waals surface area (Å²) in [6, 6.07) is 21.1. The summed E-state index contributed by atoms with van der Waals surface area (Å²) >= 11 is 0. The second-order valence-corrected chi connectivity index (χ2v) is 11.5. The molecule has 37 heavy (non-hydrogen) atoms. The fourth-order valence-corrected chi connectivity index (χ4v) is 5.79. The summed E-state index contributed by atoms with van der Waals surface area (Å²) in [5.41, 5.74) is 3.78. The number of sulfonamides is 1. The first-order valence-corrected chi connectivity index (χ1v) is 14.3. The Balaban J connectivity index is 1.40. The van der Waals surface area contributed by atoms with E-state index in [4.69, 9.17) is 0 Å². The quantitative estimate of drug-likeness (QED) is 0.305. The van der Waals surface area contributed by atoms with E-state index < -0.39 is 21.0 Å². The van der Waals surface area contributed by atoms with Gasteiger partial charge in [0.2, 0.25) is 5.95 Å². The summed E-state index contributed by atoms with van der Waals surface area (Å²) in [5.74, 6) is 1.05. The van der Waals surface area contributed by atoms with Gasteiger partial charge in [0.05, 0.1) is 9.79 Å². The zero-order valence-electron chi connectivity index (χ0n) is 20.1. The van der Waals surface area contributed by atoms with Gasteiger partial charge in [0, 0.05) is 36.2 Å². The number of aryl methyl sites for hydroxylation is 1. The lowest BCUT2D eigenvalue weighted by atomic mass is 10.1. The Morgan fingerprint density at radius 1 is 0.973 bits per heavy atom. The first kappa shape index (κ1) is 24.9. The van der Waals surface area contributed by atoms with Crippen LogP contribution in [0.5, 0.6) is 0 Å². The average molecular weight is 535 g/mol. The molecule has 0 spiro atoms. The van der Waals surface area contributed by atoms with Crippen molar-refractivity contribution in [1.29, 1.82) is 0 Å². The maximum atomic E-state index is 12.7. The molecule has 0 amide bonds. The van der Waals surface area contributed by atoms with Gasteiger partial charge in [0.1, 0.15) is 16.8 Å². The Kier molecular flexibility index (Phi) is 7.17. The van der Waals surface area contributed by atoms with Crippen molar-refractivity contribution in [3.8, 4) is 11.1 Å². The minimum Gasteiger partial charge on any atom is -0.369 e. The third kappa shape index (κ3) is 5.96. The van der Waals surface area contributed by atoms with E-state index in [-0.39, 0.29) is 4.90 Å². The van der Waals surface area contributed by atoms with Crippen LogP contribution in [0, 0.1) is 6.92 Å². The van der Waals surface area contributed by atoms with Crippen molar-refractivity contribution in [3.05, 3.63) is 84.6 Å². The van der Waals surface area contributed by atoms with Gasteiger partial charge >= 0.3 is 0 Å². The van der Waals surface area contributed by atoms with Gasteiger partial charge in [-0.25, -0.2) is 22.3 Å². The molecule has 0 saturated heterocycles. The number of benzene rings is 3. The minimum absolute atomic E-state index is 0.206. The Labute approximate surface area is 218 Å². The van der Waals surface area contributed by atoms with E-state index in [2.05, 4.69) is 30.0 Å². The second-order valence-electron chi connectivity index (χ2n) is 8.55. The number of rotatable bonds is 4. The van der Waals surface area contributed by atoms with Crippen molar-refractivity contribution in [2.75, 3.05) is 28.4 Å². The molecule has 2 heterocycles. The first-order chi connectivity index (χ1) is 17.9. The molecule has 11 heteroatoms. The number of hydrogen-bond acceptors (Lipinski definition) is 7. The minimum atomic E-state index is -3.69. The molecule has 5 rings (SSSR count). The number of fused-ring (bicyclic) bond motifs is 4. The van der Waals surface area contributed by atoms with Gasteiger partial charge in [0.25, 0.3) is 10.0 Å². The van der Waals surface area contributed by atoms with E-state index in [0.29, 0.717) is 35.4 Å². The summed E-state index contributed by atoms with van der Waals surface area (Å²) in [5, 5.41) is 6.52. The summed E-state index contributed by atoms with van der Waals surface area (Å²) in [7, 11) is -4.99. The van der Waals surface area contributed by atoms with Crippen LogP contribution in [0.1, 0.15) is 12.0 Å². The molecule has 0 aliphatic carbocycles. The van der Waals surface area contributed by atoms with Crippen molar-refractivity contribution in [1.82, 2.24) is 14.7 Å². The van der Waals surface area contributed by atoms with Gasteiger partial charge < -0.3 is 10.6 Å². The van der Waals surface area contributed by atoms with Crippen LogP contribution < -0.4 is 20.1 Å². The van der Waals surface area contributed by atoms with Crippen LogP contribution in [0.3, 0.4) is 0 Å². The van der Waals surface area contributed by atoms with Crippen LogP contribution in [0.25, 0.3) is 11.1 Å². The summed E-state index contributed by atoms with van der Waals surface area (Å²) in [4.78, 5) is 10.0. The molecule has 1 aromatic heterocycles. The zero-order valence-corrected chi connectivity index (χ0v) is 21.7. The topological polar surface area (TPSA) is 125 Å². The van der Waals surface area contributed by atoms with E-state index in [0.717, 1.165) is 28.8 Å². The Morgan fingerprint density at radius 2 is 1.76 bits per heavy atom. The number of aromatic nitrogens is 2. The largest absolute Gasteiger partial charge is 0.369 e. The smallest absolute Gasteiger partial charge is 0.261 e. The van der Waals surface area contributed by atoms with Crippen molar-refractivity contribution in [3.63, 3.8) is 0 Å². The Hall–Kier alpha value is -3.80. The van der Waals surface area contributed by atoms with Gasteiger partial charge in [-0.1, -0.05) is 35.9 Å². The molecule has 9 nitrogen and oxygen atoms in total. The molecule has 0 radical (unpaired) electrons. The van der Waals surface area contributed by atoms with Gasteiger partial charge in [-0.15, -0.1) is 0 Å². The van der Waals surface area contributed by atoms with Gasteiger partial charge in [-0.3, -0.25) is 4.72 Å². The maximum Gasteiger partial charge on any atom is 0.261 e. The lowest BCUT2D eigenvalue weighted by Crippen LogP contribution is -2.20. The fourth-order valence-electron chi connectivity index (χ4n) is 3.80. The highest BCUT2D eigenvalue weighted by atomic mass is 32.2. The molecule has 1 unspecified atom stereocenters. The van der Waals surface area contributed by atoms with Crippen LogP contribution in [0.4, 0.5) is 23.1 Å². The molecule has 0 saturated carbocycles. The lowest BCUT2D eigenvalue weighted by molar-refractivity contribution is 0.601. The fraction of sp³-hybridized carbons (Fsp3) is 0.154. The third-order valence-corrected chi connectivity index (χ3v) is 8.30. The Bertz CT molecular complexity index is 1540. The van der Waals surface area contributed by atoms with E-state index in [1.165, 1.54) is 0 Å². The number of nitrogens with one attached hydrogen (secondary N) is 4. The molecule has 3 aromatic carbocycles. The second kappa shape index (κ2) is 10.7. The molecule has 1 aliphatic rings. The summed E-state index contributed by atoms with van der Waals surface area (Å²) in [6.07, 6.45) is 2.46. The Morgan fingerprint density at radius 3 is 2.54 bits per heavy atom. The number of nitrogens with zero attached hydrogens (tertiary/aromatic N) is 2. The molecular formula is C26H26N6O3S2. The molecule has 1 atom stereocenters. The summed E-state index contributed by atoms with van der Waals surface area (Å²) < 4.78 is 43.6. The van der Waals surface area contributed by atoms with Gasteiger partial charge in [0.15, 0.2) is 0 Å². The molecule has 4 bridgehead atoms. The number of hydrogen-bond donors (Lipinski definition) is 4. The summed E-state index contributed by atoms with van der Waals surface area (Å²) in [6.45, 7) is 3.09. The number of anilines is 4. The maximum absolute atomic E-state index is 12.7. The lowest BCUT2D eigenvalue weighted by Gasteiger charge is -2.14. The van der Waals surface area contributed by atoms with E-state index in [1.807, 2.05) is 43.3 Å². The molecule has 4 N–H and O–H groups in total. The van der Waals surface area contributed by atoms with E-state index >= 15 is 0 Å². The predicted octanol–water partition coefficient (Wildman–Crippen LogP) is 4.42. The molecule has 0 fully saturated rings. The standard InChI is InChI=1S/C26H26N6O3S2/c1-18-6-12-23(13-7-18)37(34,35)32-20-10-8-19(9-11-20)24-17-28-26-30-21-4-2-5-22(16-21)36(33)29-15-3-14-27-25(24)31-26/h2,4-13,16-17,29,32H,3,14-15H2,1H3,(H2,27,28,30,31). The van der Waals surface area contributed by atoms with E-state index in [9.17, 15) is 12.6 Å². The molecule has 1 aliphatic heterocycles. The SMILES string of the molecule is Cc1ccc(S(=O)(=O)Nc2ccc(-c3cnc4nc3NCCCNS(=O)c3cccc(c3)N4)cc2)cc1. The van der Waals surface area contributed by atoms with Gasteiger partial charge in [-0.2, -0.15) is 4.98 Å². The van der Waals surface area contributed by atoms with Crippen LogP contribution in [-0.4, -0.2) is 35.7 Å². The first-order valence-electron chi connectivity index (χ1n) is 11.7. The zero-order chi connectivity index (χ0) is 25.8. The van der Waals surface area contributed by atoms with Crippen LogP contribution in [-0.2, 0) is 21.0 Å². The normalized spacial score (nSPS) is 15.8. The van der Waals surface area contributed by atoms with Crippen LogP contribution >= 0.6 is 0 Å². The van der Waals surface area contributed by atoms with Crippen LogP contribution in [0.2, 0.25) is 0 Å². The monoisotopic (exact) mass is 534 g/mol. The predicted molar refractivity (Wildman–Crippen MR) is 147 cm³/mol. The average Bonchev–Trinajstić information content (AvgIpc) is 2.89. The van der Waals surface area contributed by atoms with Crippen molar-refractivity contribution >= 4 is 44.1 Å². The highest BCUT2D eigenvalue weighted by molar-refractivity contribution is 7.92.